The third-order valence-corrected chi connectivity index (χ3v) is 4.79. The van der Waals surface area contributed by atoms with Crippen LogP contribution in [-0.2, 0) is 0 Å². The van der Waals surface area contributed by atoms with Crippen LogP contribution in [0.15, 0.2) is 33.6 Å². The van der Waals surface area contributed by atoms with Crippen molar-refractivity contribution in [2.75, 3.05) is 7.05 Å². The minimum absolute atomic E-state index is 0.380. The maximum atomic E-state index is 9.12. The summed E-state index contributed by atoms with van der Waals surface area (Å²) >= 11 is 5.33. The molecule has 0 heterocycles. The van der Waals surface area contributed by atoms with Gasteiger partial charge in [0.2, 0.25) is 0 Å². The van der Waals surface area contributed by atoms with Crippen LogP contribution in [0.25, 0.3) is 0 Å². The molecule has 2 nitrogen and oxygen atoms in total. The summed E-state index contributed by atoms with van der Waals surface area (Å²) in [7, 11) is 1.83. The van der Waals surface area contributed by atoms with E-state index in [9.17, 15) is 0 Å². The van der Waals surface area contributed by atoms with Gasteiger partial charge in [-0.1, -0.05) is 19.1 Å². The highest BCUT2D eigenvalue weighted by Crippen LogP contribution is 2.33. The molecule has 2 atom stereocenters. The summed E-state index contributed by atoms with van der Waals surface area (Å²) in [5.41, 5.74) is -0.451. The molecule has 0 radical (unpaired) electrons. The zero-order valence-corrected chi connectivity index (χ0v) is 12.7. The van der Waals surface area contributed by atoms with Crippen molar-refractivity contribution in [2.45, 2.75) is 36.0 Å². The van der Waals surface area contributed by atoms with Crippen molar-refractivity contribution in [1.82, 2.24) is 5.32 Å². The average molecular weight is 313 g/mol. The highest BCUT2D eigenvalue weighted by atomic mass is 79.9. The first kappa shape index (κ1) is 14.6. The minimum atomic E-state index is -0.451. The number of halogens is 1. The first-order valence-corrected chi connectivity index (χ1v) is 7.19. The molecule has 17 heavy (non-hydrogen) atoms. The van der Waals surface area contributed by atoms with Crippen LogP contribution in [0.1, 0.15) is 20.3 Å². The molecular weight excluding hydrogens is 296 g/mol. The fourth-order valence-corrected chi connectivity index (χ4v) is 3.33. The van der Waals surface area contributed by atoms with E-state index in [0.717, 1.165) is 10.9 Å². The van der Waals surface area contributed by atoms with E-state index in [0.29, 0.717) is 5.25 Å². The van der Waals surface area contributed by atoms with E-state index >= 15 is 0 Å². The number of nitriles is 1. The Labute approximate surface area is 116 Å². The highest BCUT2D eigenvalue weighted by Gasteiger charge is 2.24. The van der Waals surface area contributed by atoms with Gasteiger partial charge in [0.05, 0.1) is 6.07 Å². The normalized spacial score (nSPS) is 15.9. The molecule has 1 rings (SSSR count). The lowest BCUT2D eigenvalue weighted by atomic mass is 9.98. The van der Waals surface area contributed by atoms with E-state index in [2.05, 4.69) is 40.3 Å². The molecule has 0 spiro atoms. The van der Waals surface area contributed by atoms with Crippen molar-refractivity contribution in [3.8, 4) is 6.07 Å². The average Bonchev–Trinajstić information content (AvgIpc) is 2.32. The Balaban J connectivity index is 2.65. The van der Waals surface area contributed by atoms with Gasteiger partial charge in [0.25, 0.3) is 0 Å². The van der Waals surface area contributed by atoms with E-state index in [1.807, 2.05) is 32.2 Å². The van der Waals surface area contributed by atoms with E-state index in [-0.39, 0.29) is 0 Å². The van der Waals surface area contributed by atoms with E-state index in [1.54, 1.807) is 11.8 Å². The molecule has 0 aromatic heterocycles. The minimum Gasteiger partial charge on any atom is -0.303 e. The van der Waals surface area contributed by atoms with Crippen LogP contribution >= 0.6 is 27.7 Å². The summed E-state index contributed by atoms with van der Waals surface area (Å²) in [6.07, 6.45) is 0.812. The van der Waals surface area contributed by atoms with Crippen LogP contribution < -0.4 is 5.32 Å². The second kappa shape index (κ2) is 6.44. The first-order valence-electron chi connectivity index (χ1n) is 5.52. The van der Waals surface area contributed by atoms with Gasteiger partial charge < -0.3 is 5.32 Å². The Morgan fingerprint density at radius 3 is 2.71 bits per heavy atom. The standard InChI is InChI=1S/C13H17BrN2S/c1-10(8-13(2,9-15)16-3)17-12-7-5-4-6-11(12)14/h4-7,10,16H,8H2,1-3H3. The molecule has 0 aliphatic heterocycles. The molecule has 0 aliphatic rings. The van der Waals surface area contributed by atoms with Crippen molar-refractivity contribution in [1.29, 1.82) is 5.26 Å². The number of benzene rings is 1. The van der Waals surface area contributed by atoms with Crippen molar-refractivity contribution in [2.24, 2.45) is 0 Å². The molecule has 4 heteroatoms. The quantitative estimate of drug-likeness (QED) is 0.840. The molecule has 0 aliphatic carbocycles. The summed E-state index contributed by atoms with van der Waals surface area (Å²) in [4.78, 5) is 1.22. The first-order chi connectivity index (χ1) is 8.00. The molecule has 1 N–H and O–H groups in total. The van der Waals surface area contributed by atoms with Gasteiger partial charge in [-0.3, -0.25) is 0 Å². The van der Waals surface area contributed by atoms with Gasteiger partial charge in [-0.25, -0.2) is 0 Å². The fourth-order valence-electron chi connectivity index (χ4n) is 1.58. The maximum Gasteiger partial charge on any atom is 0.104 e. The molecule has 0 bridgehead atoms. The van der Waals surface area contributed by atoms with Crippen LogP contribution in [0.4, 0.5) is 0 Å². The van der Waals surface area contributed by atoms with Crippen molar-refractivity contribution in [3.05, 3.63) is 28.7 Å². The number of thioether (sulfide) groups is 1. The Morgan fingerprint density at radius 2 is 2.18 bits per heavy atom. The molecule has 1 aromatic rings. The Bertz CT molecular complexity index is 416. The van der Waals surface area contributed by atoms with E-state index < -0.39 is 5.54 Å². The lowest BCUT2D eigenvalue weighted by Crippen LogP contribution is -2.40. The fraction of sp³-hybridized carbons (Fsp3) is 0.462. The van der Waals surface area contributed by atoms with Crippen LogP contribution in [-0.4, -0.2) is 17.8 Å². The molecule has 0 saturated heterocycles. The third kappa shape index (κ3) is 4.34. The molecule has 0 saturated carbocycles. The van der Waals surface area contributed by atoms with Crippen LogP contribution in [0.5, 0.6) is 0 Å². The second-order valence-corrected chi connectivity index (χ2v) is 6.59. The molecule has 92 valence electrons. The third-order valence-electron chi connectivity index (χ3n) is 2.66. The van der Waals surface area contributed by atoms with Gasteiger partial charge in [0, 0.05) is 14.6 Å². The van der Waals surface area contributed by atoms with Gasteiger partial charge in [0.1, 0.15) is 5.54 Å². The van der Waals surface area contributed by atoms with Crippen LogP contribution in [0, 0.1) is 11.3 Å². The predicted molar refractivity (Wildman–Crippen MR) is 77.2 cm³/mol. The zero-order valence-electron chi connectivity index (χ0n) is 10.3. The number of nitrogens with zero attached hydrogens (tertiary/aromatic N) is 1. The lowest BCUT2D eigenvalue weighted by Gasteiger charge is -2.24. The maximum absolute atomic E-state index is 9.12. The zero-order chi connectivity index (χ0) is 12.9. The Morgan fingerprint density at radius 1 is 1.53 bits per heavy atom. The van der Waals surface area contributed by atoms with Gasteiger partial charge in [-0.15, -0.1) is 11.8 Å². The number of rotatable bonds is 5. The summed E-state index contributed by atoms with van der Waals surface area (Å²) in [5, 5.41) is 12.6. The highest BCUT2D eigenvalue weighted by molar-refractivity contribution is 9.10. The summed E-state index contributed by atoms with van der Waals surface area (Å²) in [6, 6.07) is 10.5. The van der Waals surface area contributed by atoms with E-state index in [1.165, 1.54) is 4.90 Å². The van der Waals surface area contributed by atoms with Gasteiger partial charge in [-0.05, 0) is 48.5 Å². The molecule has 0 fully saturated rings. The Hall–Kier alpha value is -0.500. The molecule has 1 aromatic carbocycles. The smallest absolute Gasteiger partial charge is 0.104 e. The number of hydrogen-bond donors (Lipinski definition) is 1. The molecule has 0 amide bonds. The van der Waals surface area contributed by atoms with E-state index in [4.69, 9.17) is 5.26 Å². The SMILES string of the molecule is CNC(C)(C#N)CC(C)Sc1ccccc1Br. The molecular formula is C13H17BrN2S. The predicted octanol–water partition coefficient (Wildman–Crippen LogP) is 3.82. The van der Waals surface area contributed by atoms with Crippen molar-refractivity contribution >= 4 is 27.7 Å². The topological polar surface area (TPSA) is 35.8 Å². The van der Waals surface area contributed by atoms with Crippen molar-refractivity contribution < 1.29 is 0 Å². The molecule has 2 unspecified atom stereocenters. The van der Waals surface area contributed by atoms with Crippen LogP contribution in [0.3, 0.4) is 0 Å². The number of hydrogen-bond acceptors (Lipinski definition) is 3. The van der Waals surface area contributed by atoms with Crippen LogP contribution in [0.2, 0.25) is 0 Å². The van der Waals surface area contributed by atoms with Gasteiger partial charge in [0.15, 0.2) is 0 Å². The van der Waals surface area contributed by atoms with Crippen molar-refractivity contribution in [3.63, 3.8) is 0 Å². The Kier molecular flexibility index (Phi) is 5.51. The lowest BCUT2D eigenvalue weighted by molar-refractivity contribution is 0.455. The summed E-state index contributed by atoms with van der Waals surface area (Å²) in [5.74, 6) is 0. The van der Waals surface area contributed by atoms with Gasteiger partial charge >= 0.3 is 0 Å². The second-order valence-electron chi connectivity index (χ2n) is 4.26. The monoisotopic (exact) mass is 312 g/mol. The summed E-state index contributed by atoms with van der Waals surface area (Å²) < 4.78 is 1.11. The largest absolute Gasteiger partial charge is 0.303 e. The number of nitrogens with one attached hydrogen (secondary N) is 1. The summed E-state index contributed by atoms with van der Waals surface area (Å²) in [6.45, 7) is 4.08. The van der Waals surface area contributed by atoms with Gasteiger partial charge in [-0.2, -0.15) is 5.26 Å².